The smallest absolute Gasteiger partial charge is 0.242 e. The van der Waals surface area contributed by atoms with Crippen molar-refractivity contribution in [3.05, 3.63) is 0 Å². The predicted octanol–water partition coefficient (Wildman–Crippen LogP) is 0.387. The van der Waals surface area contributed by atoms with E-state index in [0.717, 1.165) is 31.7 Å². The monoisotopic (exact) mass is 242 g/mol. The van der Waals surface area contributed by atoms with Crippen LogP contribution in [-0.4, -0.2) is 53.5 Å². The topological polar surface area (TPSA) is 40.6 Å². The molecule has 0 radical (unpaired) electrons. The molecule has 2 aliphatic heterocycles. The average molecular weight is 242 g/mol. The minimum absolute atomic E-state index is 0.102. The van der Waals surface area contributed by atoms with E-state index >= 15 is 0 Å². The van der Waals surface area contributed by atoms with Crippen molar-refractivity contribution in [2.75, 3.05) is 31.9 Å². The van der Waals surface area contributed by atoms with E-state index in [0.29, 0.717) is 18.9 Å². The van der Waals surface area contributed by atoms with Gasteiger partial charge in [-0.25, -0.2) is 0 Å². The maximum atomic E-state index is 11.9. The highest BCUT2D eigenvalue weighted by molar-refractivity contribution is 7.80. The molecule has 0 saturated carbocycles. The van der Waals surface area contributed by atoms with Crippen molar-refractivity contribution in [3.8, 4) is 0 Å². The minimum Gasteiger partial charge on any atom is -0.341 e. The van der Waals surface area contributed by atoms with Gasteiger partial charge in [0.25, 0.3) is 0 Å². The molecule has 0 aromatic rings. The summed E-state index contributed by atoms with van der Waals surface area (Å²) < 4.78 is 0. The Balaban J connectivity index is 1.85. The van der Waals surface area contributed by atoms with Gasteiger partial charge in [0, 0.05) is 26.1 Å². The van der Waals surface area contributed by atoms with Gasteiger partial charge in [0.1, 0.15) is 0 Å². The van der Waals surface area contributed by atoms with Crippen LogP contribution >= 0.6 is 12.6 Å². The molecule has 0 aliphatic carbocycles. The maximum absolute atomic E-state index is 11.9. The van der Waals surface area contributed by atoms with Crippen LogP contribution in [0.4, 0.5) is 0 Å². The summed E-state index contributed by atoms with van der Waals surface area (Å²) in [5, 5.41) is 0. The van der Waals surface area contributed by atoms with Gasteiger partial charge in [0.15, 0.2) is 0 Å². The Kier molecular flexibility index (Phi) is 3.74. The summed E-state index contributed by atoms with van der Waals surface area (Å²) in [6, 6.07) is 0. The molecule has 2 fully saturated rings. The molecule has 0 aromatic carbocycles. The largest absolute Gasteiger partial charge is 0.341 e. The van der Waals surface area contributed by atoms with Gasteiger partial charge in [-0.3, -0.25) is 9.59 Å². The first-order chi connectivity index (χ1) is 7.70. The van der Waals surface area contributed by atoms with E-state index in [1.807, 2.05) is 4.90 Å². The molecule has 2 saturated heterocycles. The van der Waals surface area contributed by atoms with Gasteiger partial charge in [-0.2, -0.15) is 12.6 Å². The Hall–Kier alpha value is -0.710. The van der Waals surface area contributed by atoms with Crippen LogP contribution in [0.25, 0.3) is 0 Å². The van der Waals surface area contributed by atoms with Crippen molar-refractivity contribution in [3.63, 3.8) is 0 Å². The summed E-state index contributed by atoms with van der Waals surface area (Å²) in [6.07, 6.45) is 2.74. The summed E-state index contributed by atoms with van der Waals surface area (Å²) in [5.74, 6) is 1.25. The fourth-order valence-corrected chi connectivity index (χ4v) is 2.60. The average Bonchev–Trinajstić information content (AvgIpc) is 2.88. The van der Waals surface area contributed by atoms with Gasteiger partial charge < -0.3 is 9.80 Å². The van der Waals surface area contributed by atoms with Gasteiger partial charge in [-0.05, 0) is 24.5 Å². The number of amides is 2. The fourth-order valence-electron chi connectivity index (χ4n) is 2.36. The second-order valence-corrected chi connectivity index (χ2v) is 4.98. The number of carbonyl (C=O) groups is 2. The van der Waals surface area contributed by atoms with Crippen molar-refractivity contribution in [1.29, 1.82) is 0 Å². The van der Waals surface area contributed by atoms with Crippen LogP contribution < -0.4 is 0 Å². The summed E-state index contributed by atoms with van der Waals surface area (Å²) in [4.78, 5) is 27.0. The zero-order valence-corrected chi connectivity index (χ0v) is 10.3. The third-order valence-corrected chi connectivity index (χ3v) is 3.85. The van der Waals surface area contributed by atoms with Crippen molar-refractivity contribution >= 4 is 24.4 Å². The Morgan fingerprint density at radius 3 is 2.62 bits per heavy atom. The molecule has 4 nitrogen and oxygen atoms in total. The zero-order chi connectivity index (χ0) is 11.5. The Bertz CT molecular complexity index is 290. The summed E-state index contributed by atoms with van der Waals surface area (Å²) >= 11 is 4.20. The molecule has 2 amide bonds. The van der Waals surface area contributed by atoms with Crippen molar-refractivity contribution < 1.29 is 9.59 Å². The molecule has 0 N–H and O–H groups in total. The highest BCUT2D eigenvalue weighted by Gasteiger charge is 2.31. The van der Waals surface area contributed by atoms with Crippen molar-refractivity contribution in [2.45, 2.75) is 19.3 Å². The summed E-state index contributed by atoms with van der Waals surface area (Å²) in [6.45, 7) is 2.68. The number of hydrogen-bond acceptors (Lipinski definition) is 3. The Morgan fingerprint density at radius 1 is 1.38 bits per heavy atom. The summed E-state index contributed by atoms with van der Waals surface area (Å²) in [7, 11) is 0. The molecule has 0 spiro atoms. The van der Waals surface area contributed by atoms with E-state index in [9.17, 15) is 9.59 Å². The van der Waals surface area contributed by atoms with Gasteiger partial charge in [-0.1, -0.05) is 0 Å². The van der Waals surface area contributed by atoms with Crippen LogP contribution in [0.15, 0.2) is 0 Å². The van der Waals surface area contributed by atoms with Crippen LogP contribution in [0.5, 0.6) is 0 Å². The molecule has 1 unspecified atom stereocenters. The van der Waals surface area contributed by atoms with E-state index < -0.39 is 0 Å². The number of likely N-dealkylation sites (tertiary alicyclic amines) is 2. The molecular weight excluding hydrogens is 224 g/mol. The molecule has 90 valence electrons. The normalized spacial score (nSPS) is 25.6. The lowest BCUT2D eigenvalue weighted by atomic mass is 10.1. The van der Waals surface area contributed by atoms with Crippen LogP contribution in [-0.2, 0) is 9.59 Å². The van der Waals surface area contributed by atoms with Crippen LogP contribution in [0.3, 0.4) is 0 Å². The van der Waals surface area contributed by atoms with Crippen molar-refractivity contribution in [1.82, 2.24) is 9.80 Å². The SMILES string of the molecule is O=C(CN1CC(CS)CC1=O)N1CCCC1. The second kappa shape index (κ2) is 5.08. The maximum Gasteiger partial charge on any atom is 0.242 e. The number of carbonyl (C=O) groups excluding carboxylic acids is 2. The van der Waals surface area contributed by atoms with Gasteiger partial charge >= 0.3 is 0 Å². The van der Waals surface area contributed by atoms with Crippen LogP contribution in [0.1, 0.15) is 19.3 Å². The van der Waals surface area contributed by atoms with E-state index in [1.165, 1.54) is 0 Å². The Labute approximate surface area is 101 Å². The van der Waals surface area contributed by atoms with E-state index in [2.05, 4.69) is 12.6 Å². The quantitative estimate of drug-likeness (QED) is 0.727. The van der Waals surface area contributed by atoms with E-state index in [4.69, 9.17) is 0 Å². The Morgan fingerprint density at radius 2 is 2.06 bits per heavy atom. The van der Waals surface area contributed by atoms with Gasteiger partial charge in [-0.15, -0.1) is 0 Å². The molecule has 5 heteroatoms. The molecular formula is C11H18N2O2S. The minimum atomic E-state index is 0.102. The van der Waals surface area contributed by atoms with Gasteiger partial charge in [0.2, 0.25) is 11.8 Å². The molecule has 2 rings (SSSR count). The second-order valence-electron chi connectivity index (χ2n) is 4.61. The third kappa shape index (κ3) is 2.51. The number of rotatable bonds is 3. The number of nitrogens with zero attached hydrogens (tertiary/aromatic N) is 2. The first-order valence-electron chi connectivity index (χ1n) is 5.87. The molecule has 1 atom stereocenters. The lowest BCUT2D eigenvalue weighted by Crippen LogP contribution is -2.39. The molecule has 16 heavy (non-hydrogen) atoms. The fraction of sp³-hybridized carbons (Fsp3) is 0.818. The standard InChI is InChI=1S/C11H18N2O2S/c14-10-5-9(8-16)6-13(10)7-11(15)12-3-1-2-4-12/h9,16H,1-8H2. The third-order valence-electron chi connectivity index (χ3n) is 3.34. The molecule has 2 heterocycles. The first kappa shape index (κ1) is 11.8. The number of hydrogen-bond donors (Lipinski definition) is 1. The number of thiol groups is 1. The van der Waals surface area contributed by atoms with Crippen LogP contribution in [0, 0.1) is 5.92 Å². The predicted molar refractivity (Wildman–Crippen MR) is 64.4 cm³/mol. The highest BCUT2D eigenvalue weighted by Crippen LogP contribution is 2.19. The van der Waals surface area contributed by atoms with Crippen LogP contribution in [0.2, 0.25) is 0 Å². The summed E-state index contributed by atoms with van der Waals surface area (Å²) in [5.41, 5.74) is 0. The molecule has 0 bridgehead atoms. The lowest BCUT2D eigenvalue weighted by molar-refractivity contribution is -0.137. The first-order valence-corrected chi connectivity index (χ1v) is 6.50. The van der Waals surface area contributed by atoms with E-state index in [1.54, 1.807) is 4.90 Å². The van der Waals surface area contributed by atoms with Crippen molar-refractivity contribution in [2.24, 2.45) is 5.92 Å². The van der Waals surface area contributed by atoms with E-state index in [-0.39, 0.29) is 18.4 Å². The zero-order valence-electron chi connectivity index (χ0n) is 9.39. The van der Waals surface area contributed by atoms with Gasteiger partial charge in [0.05, 0.1) is 6.54 Å². The lowest BCUT2D eigenvalue weighted by Gasteiger charge is -2.21. The molecule has 0 aromatic heterocycles. The molecule has 2 aliphatic rings. The highest BCUT2D eigenvalue weighted by atomic mass is 32.1.